The molecule has 0 aliphatic carbocycles. The van der Waals surface area contributed by atoms with Crippen molar-refractivity contribution in [1.29, 1.82) is 0 Å². The Morgan fingerprint density at radius 3 is 2.46 bits per heavy atom. The Hall–Kier alpha value is -3.06. The molecule has 2 aromatic carbocycles. The van der Waals surface area contributed by atoms with Gasteiger partial charge < -0.3 is 20.1 Å². The fourth-order valence-electron chi connectivity index (χ4n) is 2.75. The van der Waals surface area contributed by atoms with Crippen molar-refractivity contribution in [2.45, 2.75) is 6.42 Å². The topological polar surface area (TPSA) is 79.9 Å². The maximum Gasteiger partial charge on any atom is 0.238 e. The molecule has 0 heterocycles. The summed E-state index contributed by atoms with van der Waals surface area (Å²) in [5, 5.41) is 5.66. The molecule has 150 valence electrons. The van der Waals surface area contributed by atoms with Gasteiger partial charge in [0.05, 0.1) is 27.3 Å². The third kappa shape index (κ3) is 6.92. The van der Waals surface area contributed by atoms with E-state index < -0.39 is 0 Å². The fourth-order valence-corrected chi connectivity index (χ4v) is 2.75. The minimum atomic E-state index is -0.197. The Labute approximate surface area is 165 Å². The predicted octanol–water partition coefficient (Wildman–Crippen LogP) is 1.93. The number of rotatable bonds is 10. The molecule has 0 unspecified atom stereocenters. The first kappa shape index (κ1) is 21.2. The van der Waals surface area contributed by atoms with Crippen LogP contribution >= 0.6 is 0 Å². The number of anilines is 1. The summed E-state index contributed by atoms with van der Waals surface area (Å²) in [4.78, 5) is 25.9. The van der Waals surface area contributed by atoms with Crippen LogP contribution in [0.25, 0.3) is 0 Å². The van der Waals surface area contributed by atoms with E-state index in [1.807, 2.05) is 24.3 Å². The summed E-state index contributed by atoms with van der Waals surface area (Å²) in [7, 11) is 4.93. The van der Waals surface area contributed by atoms with Crippen LogP contribution in [0.3, 0.4) is 0 Å². The third-order valence-corrected chi connectivity index (χ3v) is 4.09. The SMILES string of the molecule is COc1cccc(NC(=O)CN(C)CC(=O)NCCc2ccccc2OC)c1. The van der Waals surface area contributed by atoms with Crippen molar-refractivity contribution in [1.82, 2.24) is 10.2 Å². The van der Waals surface area contributed by atoms with Gasteiger partial charge in [0, 0.05) is 18.3 Å². The molecule has 0 aliphatic heterocycles. The lowest BCUT2D eigenvalue weighted by atomic mass is 10.1. The zero-order chi connectivity index (χ0) is 20.4. The van der Waals surface area contributed by atoms with Crippen LogP contribution < -0.4 is 20.1 Å². The van der Waals surface area contributed by atoms with Crippen LogP contribution in [0.15, 0.2) is 48.5 Å². The lowest BCUT2D eigenvalue weighted by molar-refractivity contribution is -0.122. The number of likely N-dealkylation sites (N-methyl/N-ethyl adjacent to an activating group) is 1. The number of benzene rings is 2. The van der Waals surface area contributed by atoms with E-state index in [1.165, 1.54) is 0 Å². The van der Waals surface area contributed by atoms with Gasteiger partial charge in [-0.05, 0) is 37.2 Å². The molecule has 0 fully saturated rings. The van der Waals surface area contributed by atoms with Gasteiger partial charge in [0.15, 0.2) is 0 Å². The molecule has 0 radical (unpaired) electrons. The van der Waals surface area contributed by atoms with Gasteiger partial charge in [0.25, 0.3) is 0 Å². The van der Waals surface area contributed by atoms with Crippen LogP contribution in [0.5, 0.6) is 11.5 Å². The van der Waals surface area contributed by atoms with Gasteiger partial charge in [-0.3, -0.25) is 14.5 Å². The van der Waals surface area contributed by atoms with E-state index in [1.54, 1.807) is 50.4 Å². The average Bonchev–Trinajstić information content (AvgIpc) is 2.68. The second kappa shape index (κ2) is 10.9. The molecule has 2 rings (SSSR count). The molecule has 0 saturated heterocycles. The Morgan fingerprint density at radius 1 is 0.964 bits per heavy atom. The van der Waals surface area contributed by atoms with Crippen molar-refractivity contribution in [2.24, 2.45) is 0 Å². The van der Waals surface area contributed by atoms with Crippen LogP contribution in [-0.4, -0.2) is 57.6 Å². The first-order valence-electron chi connectivity index (χ1n) is 9.03. The molecule has 2 amide bonds. The van der Waals surface area contributed by atoms with E-state index >= 15 is 0 Å². The monoisotopic (exact) mass is 385 g/mol. The number of methoxy groups -OCH3 is 2. The fraction of sp³-hybridized carbons (Fsp3) is 0.333. The minimum Gasteiger partial charge on any atom is -0.497 e. The number of hydrogen-bond acceptors (Lipinski definition) is 5. The zero-order valence-corrected chi connectivity index (χ0v) is 16.5. The van der Waals surface area contributed by atoms with E-state index in [-0.39, 0.29) is 24.9 Å². The smallest absolute Gasteiger partial charge is 0.238 e. The van der Waals surface area contributed by atoms with Gasteiger partial charge in [-0.15, -0.1) is 0 Å². The molecule has 7 nitrogen and oxygen atoms in total. The number of carbonyl (C=O) groups excluding carboxylic acids is 2. The third-order valence-electron chi connectivity index (χ3n) is 4.09. The van der Waals surface area contributed by atoms with Gasteiger partial charge in [0.2, 0.25) is 11.8 Å². The molecule has 0 saturated carbocycles. The molecule has 7 heteroatoms. The first-order valence-corrected chi connectivity index (χ1v) is 9.03. The van der Waals surface area contributed by atoms with Crippen molar-refractivity contribution in [2.75, 3.05) is 46.2 Å². The summed E-state index contributed by atoms with van der Waals surface area (Å²) in [6.45, 7) is 0.748. The normalized spacial score (nSPS) is 10.4. The van der Waals surface area contributed by atoms with E-state index in [0.29, 0.717) is 24.4 Å². The molecule has 28 heavy (non-hydrogen) atoms. The highest BCUT2D eigenvalue weighted by molar-refractivity contribution is 5.92. The van der Waals surface area contributed by atoms with Crippen molar-refractivity contribution >= 4 is 17.5 Å². The molecule has 0 aromatic heterocycles. The highest BCUT2D eigenvalue weighted by atomic mass is 16.5. The van der Waals surface area contributed by atoms with Gasteiger partial charge in [-0.1, -0.05) is 24.3 Å². The van der Waals surface area contributed by atoms with Crippen molar-refractivity contribution in [3.05, 3.63) is 54.1 Å². The summed E-state index contributed by atoms with van der Waals surface area (Å²) in [6.07, 6.45) is 0.676. The Morgan fingerprint density at radius 2 is 1.71 bits per heavy atom. The largest absolute Gasteiger partial charge is 0.497 e. The van der Waals surface area contributed by atoms with E-state index in [9.17, 15) is 9.59 Å². The number of para-hydroxylation sites is 1. The molecule has 0 atom stereocenters. The molecule has 0 aliphatic rings. The van der Waals surface area contributed by atoms with Gasteiger partial charge in [-0.25, -0.2) is 0 Å². The number of nitrogens with one attached hydrogen (secondary N) is 2. The van der Waals surface area contributed by atoms with Crippen LogP contribution in [-0.2, 0) is 16.0 Å². The van der Waals surface area contributed by atoms with E-state index in [4.69, 9.17) is 9.47 Å². The maximum absolute atomic E-state index is 12.1. The van der Waals surface area contributed by atoms with E-state index in [0.717, 1.165) is 11.3 Å². The van der Waals surface area contributed by atoms with Gasteiger partial charge >= 0.3 is 0 Å². The van der Waals surface area contributed by atoms with Crippen molar-refractivity contribution in [3.8, 4) is 11.5 Å². The molecular weight excluding hydrogens is 358 g/mol. The summed E-state index contributed by atoms with van der Waals surface area (Å²) in [6, 6.07) is 14.8. The van der Waals surface area contributed by atoms with Crippen molar-refractivity contribution in [3.63, 3.8) is 0 Å². The highest BCUT2D eigenvalue weighted by Gasteiger charge is 2.11. The molecule has 0 bridgehead atoms. The number of hydrogen-bond donors (Lipinski definition) is 2. The summed E-state index contributed by atoms with van der Waals surface area (Å²) >= 11 is 0. The summed E-state index contributed by atoms with van der Waals surface area (Å²) in [5.41, 5.74) is 1.69. The second-order valence-electron chi connectivity index (χ2n) is 6.36. The Kier molecular flexibility index (Phi) is 8.30. The van der Waals surface area contributed by atoms with Crippen LogP contribution in [0, 0.1) is 0 Å². The summed E-state index contributed by atoms with van der Waals surface area (Å²) < 4.78 is 10.4. The number of nitrogens with zero attached hydrogens (tertiary/aromatic N) is 1. The Bertz CT molecular complexity index is 795. The molecule has 0 spiro atoms. The Balaban J connectivity index is 1.72. The number of amides is 2. The van der Waals surface area contributed by atoms with Crippen LogP contribution in [0.4, 0.5) is 5.69 Å². The van der Waals surface area contributed by atoms with Crippen LogP contribution in [0.2, 0.25) is 0 Å². The minimum absolute atomic E-state index is 0.108. The standard InChI is InChI=1S/C21H27N3O4/c1-24(15-21(26)23-17-8-6-9-18(13-17)27-2)14-20(25)22-12-11-16-7-4-5-10-19(16)28-3/h4-10,13H,11-12,14-15H2,1-3H3,(H,22,25)(H,23,26). The lowest BCUT2D eigenvalue weighted by Crippen LogP contribution is -2.39. The maximum atomic E-state index is 12.1. The number of carbonyl (C=O) groups is 2. The predicted molar refractivity (Wildman–Crippen MR) is 109 cm³/mol. The second-order valence-corrected chi connectivity index (χ2v) is 6.36. The van der Waals surface area contributed by atoms with Gasteiger partial charge in [-0.2, -0.15) is 0 Å². The zero-order valence-electron chi connectivity index (χ0n) is 16.5. The summed E-state index contributed by atoms with van der Waals surface area (Å²) in [5.74, 6) is 1.15. The molecule has 2 N–H and O–H groups in total. The number of ether oxygens (including phenoxy) is 2. The average molecular weight is 385 g/mol. The van der Waals surface area contributed by atoms with Gasteiger partial charge in [0.1, 0.15) is 11.5 Å². The van der Waals surface area contributed by atoms with E-state index in [2.05, 4.69) is 10.6 Å². The lowest BCUT2D eigenvalue weighted by Gasteiger charge is -2.16. The quantitative estimate of drug-likeness (QED) is 0.653. The van der Waals surface area contributed by atoms with Crippen molar-refractivity contribution < 1.29 is 19.1 Å². The highest BCUT2D eigenvalue weighted by Crippen LogP contribution is 2.17. The molecule has 2 aromatic rings. The van der Waals surface area contributed by atoms with Crippen LogP contribution in [0.1, 0.15) is 5.56 Å². The molecular formula is C21H27N3O4. The first-order chi connectivity index (χ1) is 13.5.